The van der Waals surface area contributed by atoms with E-state index in [1.807, 2.05) is 30.3 Å². The number of nitrogens with one attached hydrogen (secondary N) is 2. The van der Waals surface area contributed by atoms with Crippen LogP contribution in [0.2, 0.25) is 0 Å². The maximum Gasteiger partial charge on any atom is 0.407 e. The molecule has 0 aliphatic carbocycles. The first-order chi connectivity index (χ1) is 11.1. The Balaban J connectivity index is 1.69. The van der Waals surface area contributed by atoms with E-state index in [0.29, 0.717) is 19.4 Å². The number of nitrogens with zero attached hydrogens (tertiary/aromatic N) is 1. The lowest BCUT2D eigenvalue weighted by atomic mass is 10.0. The number of fused-ring (bicyclic) bond motifs is 1. The third-order valence-electron chi connectivity index (χ3n) is 4.29. The number of hydrogen-bond acceptors (Lipinski definition) is 4. The Morgan fingerprint density at radius 1 is 1.35 bits per heavy atom. The van der Waals surface area contributed by atoms with Crippen LogP contribution in [0.3, 0.4) is 0 Å². The van der Waals surface area contributed by atoms with Crippen molar-refractivity contribution in [2.75, 3.05) is 13.7 Å². The first-order valence-electron chi connectivity index (χ1n) is 7.57. The van der Waals surface area contributed by atoms with Gasteiger partial charge in [-0.25, -0.2) is 4.79 Å². The van der Waals surface area contributed by atoms with E-state index in [-0.39, 0.29) is 17.9 Å². The van der Waals surface area contributed by atoms with Crippen LogP contribution in [0.5, 0.6) is 0 Å². The lowest BCUT2D eigenvalue weighted by Crippen LogP contribution is -2.61. The van der Waals surface area contributed by atoms with E-state index >= 15 is 0 Å². The molecule has 1 aromatic carbocycles. The summed E-state index contributed by atoms with van der Waals surface area (Å²) in [6.07, 6.45) is 0.317. The summed E-state index contributed by atoms with van der Waals surface area (Å²) in [7, 11) is 1.28. The molecule has 122 valence electrons. The van der Waals surface area contributed by atoms with Gasteiger partial charge in [0.2, 0.25) is 11.8 Å². The van der Waals surface area contributed by atoms with Crippen molar-refractivity contribution >= 4 is 17.9 Å². The van der Waals surface area contributed by atoms with Gasteiger partial charge in [-0.05, 0) is 12.0 Å². The summed E-state index contributed by atoms with van der Waals surface area (Å²) >= 11 is 0. The summed E-state index contributed by atoms with van der Waals surface area (Å²) in [5.41, 5.74) is 0.994. The Hall–Kier alpha value is -2.57. The first-order valence-corrected chi connectivity index (χ1v) is 7.57. The van der Waals surface area contributed by atoms with Gasteiger partial charge < -0.3 is 20.3 Å². The van der Waals surface area contributed by atoms with Gasteiger partial charge in [0.1, 0.15) is 12.1 Å². The molecule has 1 aromatic rings. The highest BCUT2D eigenvalue weighted by Gasteiger charge is 2.46. The molecule has 0 spiro atoms. The molecule has 0 bridgehead atoms. The number of rotatable bonds is 3. The van der Waals surface area contributed by atoms with Gasteiger partial charge in [0, 0.05) is 13.0 Å². The highest BCUT2D eigenvalue weighted by molar-refractivity contribution is 5.97. The monoisotopic (exact) mass is 317 g/mol. The van der Waals surface area contributed by atoms with E-state index in [1.165, 1.54) is 7.11 Å². The third-order valence-corrected chi connectivity index (χ3v) is 4.29. The second-order valence-electron chi connectivity index (χ2n) is 5.83. The van der Waals surface area contributed by atoms with Crippen molar-refractivity contribution in [1.29, 1.82) is 0 Å². The smallest absolute Gasteiger partial charge is 0.407 e. The molecule has 23 heavy (non-hydrogen) atoms. The average molecular weight is 317 g/mol. The number of carbonyl (C=O) groups is 3. The van der Waals surface area contributed by atoms with Gasteiger partial charge in [-0.2, -0.15) is 0 Å². The van der Waals surface area contributed by atoms with Crippen LogP contribution in [0.1, 0.15) is 12.0 Å². The molecule has 2 heterocycles. The fourth-order valence-corrected chi connectivity index (χ4v) is 3.18. The fraction of sp³-hybridized carbons (Fsp3) is 0.438. The minimum atomic E-state index is -0.557. The highest BCUT2D eigenvalue weighted by Crippen LogP contribution is 2.24. The number of methoxy groups -OCH3 is 1. The van der Waals surface area contributed by atoms with Crippen LogP contribution in [-0.2, 0) is 20.7 Å². The van der Waals surface area contributed by atoms with Crippen LogP contribution in [0.4, 0.5) is 4.79 Å². The Kier molecular flexibility index (Phi) is 4.18. The normalized spacial score (nSPS) is 26.5. The second kappa shape index (κ2) is 6.28. The molecule has 0 radical (unpaired) electrons. The van der Waals surface area contributed by atoms with Crippen LogP contribution >= 0.6 is 0 Å². The van der Waals surface area contributed by atoms with Crippen LogP contribution in [0.15, 0.2) is 30.3 Å². The Morgan fingerprint density at radius 2 is 2.09 bits per heavy atom. The quantitative estimate of drug-likeness (QED) is 0.825. The van der Waals surface area contributed by atoms with Crippen LogP contribution < -0.4 is 10.6 Å². The summed E-state index contributed by atoms with van der Waals surface area (Å²) in [6.45, 7) is 0.331. The molecular weight excluding hydrogens is 298 g/mol. The van der Waals surface area contributed by atoms with E-state index in [0.717, 1.165) is 5.56 Å². The molecule has 2 saturated heterocycles. The van der Waals surface area contributed by atoms with Crippen molar-refractivity contribution in [3.8, 4) is 0 Å². The lowest BCUT2D eigenvalue weighted by Gasteiger charge is -2.34. The Morgan fingerprint density at radius 3 is 2.78 bits per heavy atom. The second-order valence-corrected chi connectivity index (χ2v) is 5.83. The number of carbonyl (C=O) groups excluding carboxylic acids is 3. The topological polar surface area (TPSA) is 87.7 Å². The fourth-order valence-electron chi connectivity index (χ4n) is 3.18. The number of benzene rings is 1. The van der Waals surface area contributed by atoms with Crippen molar-refractivity contribution in [2.45, 2.75) is 31.0 Å². The molecular formula is C16H19N3O4. The van der Waals surface area contributed by atoms with E-state index < -0.39 is 18.2 Å². The molecule has 0 aromatic heterocycles. The zero-order valence-corrected chi connectivity index (χ0v) is 12.8. The molecule has 2 aliphatic heterocycles. The molecule has 2 aliphatic rings. The van der Waals surface area contributed by atoms with Gasteiger partial charge in [-0.3, -0.25) is 9.59 Å². The van der Waals surface area contributed by atoms with E-state index in [2.05, 4.69) is 15.4 Å². The molecule has 3 rings (SSSR count). The van der Waals surface area contributed by atoms with Gasteiger partial charge in [-0.15, -0.1) is 0 Å². The van der Waals surface area contributed by atoms with Gasteiger partial charge >= 0.3 is 6.09 Å². The van der Waals surface area contributed by atoms with Crippen molar-refractivity contribution in [2.24, 2.45) is 0 Å². The van der Waals surface area contributed by atoms with Gasteiger partial charge in [0.15, 0.2) is 0 Å². The molecule has 0 unspecified atom stereocenters. The summed E-state index contributed by atoms with van der Waals surface area (Å²) in [5.74, 6) is -0.271. The predicted molar refractivity (Wildman–Crippen MR) is 81.5 cm³/mol. The Bertz CT molecular complexity index is 619. The van der Waals surface area contributed by atoms with Crippen molar-refractivity contribution in [1.82, 2.24) is 15.5 Å². The number of alkyl carbamates (subject to hydrolysis) is 1. The van der Waals surface area contributed by atoms with Gasteiger partial charge in [0.25, 0.3) is 0 Å². The number of piperazine rings is 1. The maximum absolute atomic E-state index is 12.6. The molecule has 2 fully saturated rings. The number of amides is 3. The summed E-state index contributed by atoms with van der Waals surface area (Å²) in [5, 5.41) is 5.46. The van der Waals surface area contributed by atoms with E-state index in [4.69, 9.17) is 0 Å². The highest BCUT2D eigenvalue weighted by atomic mass is 16.5. The zero-order chi connectivity index (χ0) is 16.4. The summed E-state index contributed by atoms with van der Waals surface area (Å²) in [6, 6.07) is 8.23. The minimum absolute atomic E-state index is 0.104. The predicted octanol–water partition coefficient (Wildman–Crippen LogP) is 0.0530. The summed E-state index contributed by atoms with van der Waals surface area (Å²) in [4.78, 5) is 37.8. The number of hydrogen-bond donors (Lipinski definition) is 2. The largest absolute Gasteiger partial charge is 0.453 e. The van der Waals surface area contributed by atoms with Crippen LogP contribution in [0, 0.1) is 0 Å². The minimum Gasteiger partial charge on any atom is -0.453 e. The van der Waals surface area contributed by atoms with Crippen LogP contribution in [-0.4, -0.2) is 54.6 Å². The van der Waals surface area contributed by atoms with Gasteiger partial charge in [0.05, 0.1) is 13.2 Å². The summed E-state index contributed by atoms with van der Waals surface area (Å²) < 4.78 is 4.57. The third kappa shape index (κ3) is 3.13. The standard InChI is InChI=1S/C16H19N3O4/c1-23-16(22)17-11-8-13-14(20)18-12(15(21)19(13)9-11)7-10-5-3-2-4-6-10/h2-6,11-13H,7-9H2,1H3,(H,17,22)(H,18,20)/t11-,12+,13-/m0/s1. The van der Waals surface area contributed by atoms with E-state index in [9.17, 15) is 14.4 Å². The molecule has 7 heteroatoms. The van der Waals surface area contributed by atoms with Crippen LogP contribution in [0.25, 0.3) is 0 Å². The van der Waals surface area contributed by atoms with Gasteiger partial charge in [-0.1, -0.05) is 30.3 Å². The molecule has 3 amide bonds. The average Bonchev–Trinajstić information content (AvgIpc) is 2.98. The Labute approximate surface area is 134 Å². The van der Waals surface area contributed by atoms with Crippen molar-refractivity contribution < 1.29 is 19.1 Å². The first kappa shape index (κ1) is 15.3. The number of ether oxygens (including phenoxy) is 1. The van der Waals surface area contributed by atoms with Crippen molar-refractivity contribution in [3.05, 3.63) is 35.9 Å². The lowest BCUT2D eigenvalue weighted by molar-refractivity contribution is -0.147. The SMILES string of the molecule is COC(=O)N[C@H]1C[C@H]2C(=O)N[C@H](Cc3ccccc3)C(=O)N2C1. The maximum atomic E-state index is 12.6. The molecule has 0 saturated carbocycles. The zero-order valence-electron chi connectivity index (χ0n) is 12.8. The molecule has 2 N–H and O–H groups in total. The molecule has 3 atom stereocenters. The molecule has 7 nitrogen and oxygen atoms in total. The van der Waals surface area contributed by atoms with E-state index in [1.54, 1.807) is 4.90 Å². The van der Waals surface area contributed by atoms with Crippen molar-refractivity contribution in [3.63, 3.8) is 0 Å².